The van der Waals surface area contributed by atoms with Crippen LogP contribution in [0.3, 0.4) is 0 Å². The predicted octanol–water partition coefficient (Wildman–Crippen LogP) is 2.52. The Labute approximate surface area is 144 Å². The lowest BCUT2D eigenvalue weighted by atomic mass is 10.0. The Kier molecular flexibility index (Phi) is 4.23. The third-order valence-electron chi connectivity index (χ3n) is 4.09. The Morgan fingerprint density at radius 2 is 1.84 bits per heavy atom. The fraction of sp³-hybridized carbons (Fsp3) is 0.278. The lowest BCUT2D eigenvalue weighted by molar-refractivity contribution is -0.118. The monoisotopic (exact) mass is 342 g/mol. The van der Waals surface area contributed by atoms with E-state index in [0.717, 1.165) is 18.2 Å². The van der Waals surface area contributed by atoms with Gasteiger partial charge in [0.15, 0.2) is 0 Å². The highest BCUT2D eigenvalue weighted by Gasteiger charge is 2.43. The molecule has 1 aromatic carbocycles. The van der Waals surface area contributed by atoms with Gasteiger partial charge < -0.3 is 0 Å². The number of benzene rings is 1. The number of hydrogen-bond donors (Lipinski definition) is 0. The molecule has 0 spiro atoms. The molecule has 0 bridgehead atoms. The number of hydrazine groups is 1. The van der Waals surface area contributed by atoms with E-state index in [1.807, 2.05) is 13.8 Å². The summed E-state index contributed by atoms with van der Waals surface area (Å²) in [5.41, 5.74) is 0.0784. The van der Waals surface area contributed by atoms with Gasteiger partial charge in [0.1, 0.15) is 11.6 Å². The quantitative estimate of drug-likeness (QED) is 0.747. The van der Waals surface area contributed by atoms with Crippen LogP contribution in [0.15, 0.2) is 30.6 Å². The van der Waals surface area contributed by atoms with Crippen molar-refractivity contribution in [3.8, 4) is 11.8 Å². The summed E-state index contributed by atoms with van der Waals surface area (Å²) in [6.45, 7) is 3.91. The van der Waals surface area contributed by atoms with Crippen molar-refractivity contribution in [1.29, 1.82) is 0 Å². The lowest BCUT2D eigenvalue weighted by Gasteiger charge is -2.31. The second-order valence-electron chi connectivity index (χ2n) is 6.36. The average molecular weight is 342 g/mol. The number of aromatic nitrogens is 2. The van der Waals surface area contributed by atoms with E-state index in [0.29, 0.717) is 12.0 Å². The van der Waals surface area contributed by atoms with Crippen molar-refractivity contribution in [3.63, 3.8) is 0 Å². The van der Waals surface area contributed by atoms with Crippen LogP contribution < -0.4 is 5.01 Å². The number of hydrogen-bond acceptors (Lipinski definition) is 4. The van der Waals surface area contributed by atoms with Crippen molar-refractivity contribution < 1.29 is 13.6 Å². The molecular weight excluding hydrogens is 326 g/mol. The standard InChI is InChI=1S/C18H16F2N4O/c1-18(2)9-16(25)24(23(18)3)17-21-10-12(11-22-17)4-5-13-8-14(19)6-7-15(13)20/h6-8,10-11H,9H2,1-3H3. The molecule has 2 heterocycles. The molecule has 1 aromatic heterocycles. The van der Waals surface area contributed by atoms with Gasteiger partial charge in [-0.15, -0.1) is 0 Å². The van der Waals surface area contributed by atoms with Gasteiger partial charge in [0.05, 0.1) is 11.1 Å². The summed E-state index contributed by atoms with van der Waals surface area (Å²) in [5, 5.41) is 3.21. The first-order valence-electron chi connectivity index (χ1n) is 7.64. The molecule has 2 aromatic rings. The average Bonchev–Trinajstić information content (AvgIpc) is 2.76. The first-order valence-corrected chi connectivity index (χ1v) is 7.64. The number of halogens is 2. The molecule has 0 radical (unpaired) electrons. The van der Waals surface area contributed by atoms with Crippen LogP contribution in [0.1, 0.15) is 31.4 Å². The molecular formula is C18H16F2N4O. The van der Waals surface area contributed by atoms with Crippen molar-refractivity contribution in [2.75, 3.05) is 12.1 Å². The van der Waals surface area contributed by atoms with Gasteiger partial charge in [0, 0.05) is 31.4 Å². The lowest BCUT2D eigenvalue weighted by Crippen LogP contribution is -2.45. The maximum atomic E-state index is 13.5. The van der Waals surface area contributed by atoms with E-state index in [1.165, 1.54) is 17.4 Å². The number of carbonyl (C=O) groups excluding carboxylic acids is 1. The van der Waals surface area contributed by atoms with E-state index in [4.69, 9.17) is 0 Å². The molecule has 3 rings (SSSR count). The molecule has 1 saturated heterocycles. The zero-order chi connectivity index (χ0) is 18.2. The predicted molar refractivity (Wildman–Crippen MR) is 88.3 cm³/mol. The molecule has 1 aliphatic heterocycles. The molecule has 0 N–H and O–H groups in total. The van der Waals surface area contributed by atoms with Crippen molar-refractivity contribution >= 4 is 11.9 Å². The fourth-order valence-electron chi connectivity index (χ4n) is 2.47. The number of nitrogens with zero attached hydrogens (tertiary/aromatic N) is 4. The molecule has 25 heavy (non-hydrogen) atoms. The fourth-order valence-corrected chi connectivity index (χ4v) is 2.47. The van der Waals surface area contributed by atoms with Crippen LogP contribution >= 0.6 is 0 Å². The largest absolute Gasteiger partial charge is 0.273 e. The van der Waals surface area contributed by atoms with Crippen LogP contribution in [0, 0.1) is 23.5 Å². The van der Waals surface area contributed by atoms with Gasteiger partial charge in [-0.3, -0.25) is 4.79 Å². The zero-order valence-electron chi connectivity index (χ0n) is 14.0. The van der Waals surface area contributed by atoms with Crippen molar-refractivity contribution in [2.45, 2.75) is 25.8 Å². The first-order chi connectivity index (χ1) is 11.8. The normalized spacial score (nSPS) is 16.7. The summed E-state index contributed by atoms with van der Waals surface area (Å²) in [6.07, 6.45) is 3.26. The van der Waals surface area contributed by atoms with Crippen LogP contribution in [0.25, 0.3) is 0 Å². The maximum absolute atomic E-state index is 13.5. The topological polar surface area (TPSA) is 49.3 Å². The van der Waals surface area contributed by atoms with Gasteiger partial charge in [0.2, 0.25) is 11.9 Å². The number of amides is 1. The number of rotatable bonds is 1. The second kappa shape index (κ2) is 6.22. The van der Waals surface area contributed by atoms with E-state index in [9.17, 15) is 13.6 Å². The summed E-state index contributed by atoms with van der Waals surface area (Å²) in [6, 6.07) is 3.08. The maximum Gasteiger partial charge on any atom is 0.247 e. The van der Waals surface area contributed by atoms with E-state index < -0.39 is 11.6 Å². The van der Waals surface area contributed by atoms with E-state index >= 15 is 0 Å². The Hall–Kier alpha value is -2.85. The minimum atomic E-state index is -0.599. The van der Waals surface area contributed by atoms with Crippen molar-refractivity contribution in [1.82, 2.24) is 15.0 Å². The van der Waals surface area contributed by atoms with Crippen LogP contribution in [-0.4, -0.2) is 33.5 Å². The van der Waals surface area contributed by atoms with Crippen molar-refractivity contribution in [3.05, 3.63) is 53.4 Å². The van der Waals surface area contributed by atoms with Crippen molar-refractivity contribution in [2.24, 2.45) is 0 Å². The molecule has 1 amide bonds. The highest BCUT2D eigenvalue weighted by Crippen LogP contribution is 2.30. The smallest absolute Gasteiger partial charge is 0.247 e. The zero-order valence-corrected chi connectivity index (χ0v) is 14.0. The SMILES string of the molecule is CN1N(c2ncc(C#Cc3cc(F)ccc3F)cn2)C(=O)CC1(C)C. The highest BCUT2D eigenvalue weighted by atomic mass is 19.1. The molecule has 5 nitrogen and oxygen atoms in total. The summed E-state index contributed by atoms with van der Waals surface area (Å²) in [5.74, 6) is 4.24. The number of carbonyl (C=O) groups is 1. The molecule has 1 fully saturated rings. The van der Waals surface area contributed by atoms with E-state index in [1.54, 1.807) is 12.1 Å². The van der Waals surface area contributed by atoms with Crippen LogP contribution in [0.2, 0.25) is 0 Å². The van der Waals surface area contributed by atoms with Gasteiger partial charge >= 0.3 is 0 Å². The third kappa shape index (κ3) is 3.35. The third-order valence-corrected chi connectivity index (χ3v) is 4.09. The minimum absolute atomic E-state index is 0.0414. The Morgan fingerprint density at radius 3 is 2.44 bits per heavy atom. The molecule has 128 valence electrons. The summed E-state index contributed by atoms with van der Waals surface area (Å²) in [4.78, 5) is 20.5. The van der Waals surface area contributed by atoms with E-state index in [-0.39, 0.29) is 23.0 Å². The van der Waals surface area contributed by atoms with Crippen LogP contribution in [-0.2, 0) is 4.79 Å². The molecule has 7 heteroatoms. The van der Waals surface area contributed by atoms with Crippen LogP contribution in [0.4, 0.5) is 14.7 Å². The molecule has 0 saturated carbocycles. The Morgan fingerprint density at radius 1 is 1.16 bits per heavy atom. The first kappa shape index (κ1) is 17.0. The molecule has 1 aliphatic rings. The second-order valence-corrected chi connectivity index (χ2v) is 6.36. The van der Waals surface area contributed by atoms with Gasteiger partial charge in [-0.2, -0.15) is 0 Å². The van der Waals surface area contributed by atoms with Crippen LogP contribution in [0.5, 0.6) is 0 Å². The Bertz CT molecular complexity index is 884. The number of anilines is 1. The molecule has 0 aliphatic carbocycles. The highest BCUT2D eigenvalue weighted by molar-refractivity contribution is 5.93. The van der Waals surface area contributed by atoms with Gasteiger partial charge in [0.25, 0.3) is 0 Å². The van der Waals surface area contributed by atoms with Gasteiger partial charge in [-0.1, -0.05) is 11.8 Å². The summed E-state index contributed by atoms with van der Waals surface area (Å²) < 4.78 is 26.7. The van der Waals surface area contributed by atoms with Gasteiger partial charge in [-0.25, -0.2) is 28.8 Å². The Balaban J connectivity index is 1.83. The minimum Gasteiger partial charge on any atom is -0.273 e. The van der Waals surface area contributed by atoms with Gasteiger partial charge in [-0.05, 0) is 32.0 Å². The summed E-state index contributed by atoms with van der Waals surface area (Å²) in [7, 11) is 1.80. The van der Waals surface area contributed by atoms with E-state index in [2.05, 4.69) is 21.8 Å². The summed E-state index contributed by atoms with van der Waals surface area (Å²) >= 11 is 0. The molecule has 0 atom stereocenters. The molecule has 0 unspecified atom stereocenters.